The fourth-order valence-electron chi connectivity index (χ4n) is 0.942. The van der Waals surface area contributed by atoms with Gasteiger partial charge in [0.05, 0.1) is 10.1 Å². The molecule has 0 aromatic heterocycles. The van der Waals surface area contributed by atoms with Crippen molar-refractivity contribution < 1.29 is 14.9 Å². The van der Waals surface area contributed by atoms with Crippen LogP contribution in [0.5, 0.6) is 0 Å². The molecule has 3 nitrogen and oxygen atoms in total. The Bertz CT molecular complexity index is 276. The van der Waals surface area contributed by atoms with Crippen LogP contribution in [0.15, 0.2) is 22.2 Å². The van der Waals surface area contributed by atoms with Crippen molar-refractivity contribution in [2.24, 2.45) is 0 Å². The molecule has 0 saturated carbocycles. The minimum atomic E-state index is -2.13. The van der Waals surface area contributed by atoms with Crippen LogP contribution in [-0.4, -0.2) is 10.8 Å². The molecular weight excluding hydrogens is 226 g/mol. The predicted molar refractivity (Wildman–Crippen MR) is 42.0 cm³/mol. The summed E-state index contributed by atoms with van der Waals surface area (Å²) in [5, 5.41) is 9.96. The maximum Gasteiger partial charge on any atom is 0.304 e. The molecule has 2 heterocycles. The van der Waals surface area contributed by atoms with Crippen molar-refractivity contribution in [1.82, 2.24) is 0 Å². The standard InChI is InChI=1S/C6H2Cl3O3/c7-3-1-5(9)2-4(8)6(3,10)12-11-5/h1-2H. The van der Waals surface area contributed by atoms with Crippen molar-refractivity contribution in [3.63, 3.8) is 0 Å². The van der Waals surface area contributed by atoms with Crippen LogP contribution >= 0.6 is 34.8 Å². The van der Waals surface area contributed by atoms with E-state index in [0.29, 0.717) is 0 Å². The van der Waals surface area contributed by atoms with Gasteiger partial charge in [-0.05, 0) is 12.2 Å². The first-order chi connectivity index (χ1) is 5.46. The predicted octanol–water partition coefficient (Wildman–Crippen LogP) is 2.27. The van der Waals surface area contributed by atoms with Crippen LogP contribution in [-0.2, 0) is 14.9 Å². The van der Waals surface area contributed by atoms with E-state index in [4.69, 9.17) is 34.8 Å². The van der Waals surface area contributed by atoms with Gasteiger partial charge in [-0.1, -0.05) is 34.8 Å². The highest BCUT2D eigenvalue weighted by molar-refractivity contribution is 6.38. The van der Waals surface area contributed by atoms with E-state index in [9.17, 15) is 5.11 Å². The molecule has 0 spiro atoms. The number of alkyl halides is 1. The van der Waals surface area contributed by atoms with E-state index in [1.54, 1.807) is 0 Å². The molecule has 0 saturated heterocycles. The largest absolute Gasteiger partial charge is 0.304 e. The van der Waals surface area contributed by atoms with Crippen LogP contribution in [0.4, 0.5) is 0 Å². The molecule has 3 rings (SSSR count). The molecule has 12 heavy (non-hydrogen) atoms. The number of rotatable bonds is 0. The first-order valence-electron chi connectivity index (χ1n) is 3.00. The van der Waals surface area contributed by atoms with E-state index in [1.807, 2.05) is 0 Å². The molecule has 6 heteroatoms. The molecule has 2 aliphatic heterocycles. The molecule has 65 valence electrons. The highest BCUT2D eigenvalue weighted by atomic mass is 35.5. The zero-order valence-corrected chi connectivity index (χ0v) is 7.78. The third-order valence-corrected chi connectivity index (χ3v) is 2.56. The molecule has 0 atom stereocenters. The quantitative estimate of drug-likeness (QED) is 0.471. The summed E-state index contributed by atoms with van der Waals surface area (Å²) < 4.78 is 0. The van der Waals surface area contributed by atoms with Gasteiger partial charge in [-0.25, -0.2) is 4.89 Å². The topological polar surface area (TPSA) is 38.4 Å². The molecule has 2 bridgehead atoms. The van der Waals surface area contributed by atoms with Crippen molar-refractivity contribution in [2.75, 3.05) is 0 Å². The van der Waals surface area contributed by atoms with Crippen molar-refractivity contribution in [2.45, 2.75) is 10.8 Å². The monoisotopic (exact) mass is 227 g/mol. The third kappa shape index (κ3) is 1.02. The lowest BCUT2D eigenvalue weighted by atomic mass is 10.1. The summed E-state index contributed by atoms with van der Waals surface area (Å²) in [4.78, 5) is 8.94. The lowest BCUT2D eigenvalue weighted by Gasteiger charge is -2.38. The summed E-state index contributed by atoms with van der Waals surface area (Å²) in [6.07, 6.45) is 2.50. The molecule has 0 fully saturated rings. The second-order valence-electron chi connectivity index (χ2n) is 2.47. The first kappa shape index (κ1) is 8.81. The molecule has 0 unspecified atom stereocenters. The Balaban J connectivity index is 2.55. The summed E-state index contributed by atoms with van der Waals surface area (Å²) in [6, 6.07) is 0. The lowest BCUT2D eigenvalue weighted by molar-refractivity contribution is -0.433. The molecule has 0 amide bonds. The van der Waals surface area contributed by atoms with E-state index in [2.05, 4.69) is 9.78 Å². The Hall–Kier alpha value is 0.230. The van der Waals surface area contributed by atoms with Gasteiger partial charge in [0.2, 0.25) is 5.06 Å². The molecule has 3 aliphatic rings. The van der Waals surface area contributed by atoms with Crippen molar-refractivity contribution in [3.8, 4) is 0 Å². The second-order valence-corrected chi connectivity index (χ2v) is 3.87. The summed E-state index contributed by atoms with van der Waals surface area (Å²) >= 11 is 16.9. The van der Waals surface area contributed by atoms with Gasteiger partial charge in [0.1, 0.15) is 0 Å². The van der Waals surface area contributed by atoms with Crippen LogP contribution in [0.1, 0.15) is 0 Å². The molecule has 0 aromatic rings. The Morgan fingerprint density at radius 3 is 2.08 bits per heavy atom. The zero-order chi connectivity index (χ0) is 8.98. The van der Waals surface area contributed by atoms with Gasteiger partial charge in [0.15, 0.2) is 0 Å². The van der Waals surface area contributed by atoms with Crippen molar-refractivity contribution in [1.29, 1.82) is 0 Å². The average Bonchev–Trinajstić information content (AvgIpc) is 1.95. The smallest absolute Gasteiger partial charge is 0.201 e. The summed E-state index contributed by atoms with van der Waals surface area (Å²) in [5.74, 6) is -2.13. The van der Waals surface area contributed by atoms with Gasteiger partial charge < -0.3 is 0 Å². The van der Waals surface area contributed by atoms with E-state index in [1.165, 1.54) is 12.2 Å². The highest BCUT2D eigenvalue weighted by Crippen LogP contribution is 2.48. The molecule has 0 N–H and O–H groups in total. The Morgan fingerprint density at radius 1 is 1.17 bits per heavy atom. The van der Waals surface area contributed by atoms with Crippen LogP contribution in [0.25, 0.3) is 0 Å². The van der Waals surface area contributed by atoms with E-state index >= 15 is 0 Å². The first-order valence-corrected chi connectivity index (χ1v) is 4.13. The summed E-state index contributed by atoms with van der Waals surface area (Å²) in [6.45, 7) is 0. The van der Waals surface area contributed by atoms with Gasteiger partial charge in [0, 0.05) is 0 Å². The number of hydrogen-bond donors (Lipinski definition) is 0. The number of halogens is 3. The minimum absolute atomic E-state index is 0.115. The van der Waals surface area contributed by atoms with Crippen LogP contribution < -0.4 is 0 Å². The highest BCUT2D eigenvalue weighted by Gasteiger charge is 2.53. The number of hydrogen-bond acceptors (Lipinski definition) is 2. The summed E-state index contributed by atoms with van der Waals surface area (Å²) in [7, 11) is 0. The van der Waals surface area contributed by atoms with Gasteiger partial charge in [0.25, 0.3) is 0 Å². The maximum absolute atomic E-state index is 11.5. The Labute approximate surface area is 83.0 Å². The second kappa shape index (κ2) is 2.38. The van der Waals surface area contributed by atoms with E-state index < -0.39 is 10.8 Å². The van der Waals surface area contributed by atoms with Crippen LogP contribution in [0.2, 0.25) is 0 Å². The van der Waals surface area contributed by atoms with Crippen molar-refractivity contribution >= 4 is 34.8 Å². The molecule has 0 aromatic carbocycles. The zero-order valence-electron chi connectivity index (χ0n) is 5.51. The van der Waals surface area contributed by atoms with Gasteiger partial charge in [-0.15, -0.1) is 0 Å². The molecular formula is C6H2Cl3O3. The molecule has 1 radical (unpaired) electrons. The maximum atomic E-state index is 11.5. The minimum Gasteiger partial charge on any atom is -0.201 e. The normalized spacial score (nSPS) is 45.7. The fourth-order valence-corrected chi connectivity index (χ4v) is 1.94. The van der Waals surface area contributed by atoms with Crippen LogP contribution in [0, 0.1) is 0 Å². The average molecular weight is 228 g/mol. The Kier molecular flexibility index (Phi) is 1.75. The third-order valence-electron chi connectivity index (χ3n) is 1.56. The summed E-state index contributed by atoms with van der Waals surface area (Å²) in [5.41, 5.74) is 0. The fraction of sp³-hybridized carbons (Fsp3) is 0.333. The lowest BCUT2D eigenvalue weighted by Crippen LogP contribution is -2.46. The van der Waals surface area contributed by atoms with E-state index in [-0.39, 0.29) is 10.1 Å². The SMILES string of the molecule is [O]C12OOC(Cl)(C=C1Cl)C=C2Cl. The van der Waals surface area contributed by atoms with Crippen LogP contribution in [0.3, 0.4) is 0 Å². The Morgan fingerprint density at radius 2 is 1.67 bits per heavy atom. The van der Waals surface area contributed by atoms with Gasteiger partial charge in [-0.3, -0.25) is 0 Å². The number of fused-ring (bicyclic) bond motifs is 1. The van der Waals surface area contributed by atoms with Gasteiger partial charge >= 0.3 is 5.79 Å². The van der Waals surface area contributed by atoms with E-state index in [0.717, 1.165) is 0 Å². The molecule has 1 aliphatic carbocycles. The van der Waals surface area contributed by atoms with Crippen molar-refractivity contribution in [3.05, 3.63) is 22.2 Å². The van der Waals surface area contributed by atoms with Gasteiger partial charge in [-0.2, -0.15) is 9.99 Å².